The molecule has 0 spiro atoms. The van der Waals surface area contributed by atoms with Gasteiger partial charge in [0.1, 0.15) is 4.88 Å². The fraction of sp³-hybridized carbons (Fsp3) is 0.192. The molecule has 2 aromatic carbocycles. The summed E-state index contributed by atoms with van der Waals surface area (Å²) in [5.41, 5.74) is 3.72. The number of unbranched alkanes of at least 4 members (excludes halogenated alkanes) is 2. The normalized spacial score (nSPS) is 10.9. The molecule has 0 aliphatic carbocycles. The monoisotopic (exact) mass is 476 g/mol. The number of thiophene rings is 1. The second-order valence-corrected chi connectivity index (χ2v) is 9.86. The number of hydrogen-bond acceptors (Lipinski definition) is 5. The van der Waals surface area contributed by atoms with Crippen LogP contribution in [0.1, 0.15) is 33.8 Å². The van der Waals surface area contributed by atoms with Crippen LogP contribution in [0.15, 0.2) is 82.7 Å². The molecular weight excluding hydrogens is 452 g/mol. The SMILES string of the molecule is O=C(O)c1ccc(CCCCCSc2nc(-c3ccc(-c4ccccc4)cc3)cc(=O)[nH]2)s1. The van der Waals surface area contributed by atoms with E-state index < -0.39 is 5.97 Å². The van der Waals surface area contributed by atoms with Gasteiger partial charge < -0.3 is 10.1 Å². The van der Waals surface area contributed by atoms with E-state index in [9.17, 15) is 9.59 Å². The number of nitrogens with zero attached hydrogens (tertiary/aromatic N) is 1. The number of carboxylic acids is 1. The number of aryl methyl sites for hydroxylation is 1. The Kier molecular flexibility index (Phi) is 7.75. The van der Waals surface area contributed by atoms with Gasteiger partial charge >= 0.3 is 5.97 Å². The molecule has 0 saturated carbocycles. The number of H-pyrrole nitrogens is 1. The van der Waals surface area contributed by atoms with E-state index in [1.807, 2.05) is 48.5 Å². The molecule has 2 heterocycles. The van der Waals surface area contributed by atoms with Crippen molar-refractivity contribution in [2.45, 2.75) is 30.8 Å². The summed E-state index contributed by atoms with van der Waals surface area (Å²) in [5.74, 6) is 0.00274. The first-order chi connectivity index (χ1) is 16.1. The maximum Gasteiger partial charge on any atom is 0.345 e. The van der Waals surface area contributed by atoms with Gasteiger partial charge in [0, 0.05) is 22.3 Å². The standard InChI is InChI=1S/C26H24N2O3S2/c29-24-17-22(20-12-10-19(11-13-20)18-7-3-1-4-8-18)27-26(28-24)32-16-6-2-5-9-21-14-15-23(33-21)25(30)31/h1,3-4,7-8,10-15,17H,2,5-6,9,16H2,(H,30,31)(H,27,28,29). The van der Waals surface area contributed by atoms with Crippen molar-refractivity contribution in [1.82, 2.24) is 9.97 Å². The molecule has 0 radical (unpaired) electrons. The lowest BCUT2D eigenvalue weighted by atomic mass is 10.0. The molecular formula is C26H24N2O3S2. The molecule has 168 valence electrons. The van der Waals surface area contributed by atoms with Crippen LogP contribution in [-0.2, 0) is 6.42 Å². The van der Waals surface area contributed by atoms with E-state index in [4.69, 9.17) is 5.11 Å². The number of nitrogens with one attached hydrogen (secondary N) is 1. The first kappa shape index (κ1) is 23.0. The molecule has 4 rings (SSSR count). The number of benzene rings is 2. The summed E-state index contributed by atoms with van der Waals surface area (Å²) in [7, 11) is 0. The molecule has 0 unspecified atom stereocenters. The fourth-order valence-electron chi connectivity index (χ4n) is 3.49. The van der Waals surface area contributed by atoms with Gasteiger partial charge in [-0.1, -0.05) is 72.8 Å². The van der Waals surface area contributed by atoms with Gasteiger partial charge in [-0.3, -0.25) is 4.79 Å². The highest BCUT2D eigenvalue weighted by atomic mass is 32.2. The number of carboxylic acid groups (broad SMARTS) is 1. The molecule has 2 N–H and O–H groups in total. The van der Waals surface area contributed by atoms with Crippen molar-refractivity contribution in [3.8, 4) is 22.4 Å². The highest BCUT2D eigenvalue weighted by Gasteiger charge is 2.08. The quantitative estimate of drug-likeness (QED) is 0.158. The molecule has 0 saturated heterocycles. The summed E-state index contributed by atoms with van der Waals surface area (Å²) < 4.78 is 0. The van der Waals surface area contributed by atoms with Gasteiger partial charge in [0.05, 0.1) is 5.69 Å². The van der Waals surface area contributed by atoms with Crippen molar-refractivity contribution >= 4 is 29.1 Å². The van der Waals surface area contributed by atoms with E-state index in [0.717, 1.165) is 53.0 Å². The Balaban J connectivity index is 1.29. The van der Waals surface area contributed by atoms with Crippen LogP contribution in [-0.4, -0.2) is 26.8 Å². The molecule has 0 amide bonds. The number of thioether (sulfide) groups is 1. The minimum atomic E-state index is -0.862. The fourth-order valence-corrected chi connectivity index (χ4v) is 5.26. The van der Waals surface area contributed by atoms with E-state index in [2.05, 4.69) is 22.1 Å². The van der Waals surface area contributed by atoms with Crippen molar-refractivity contribution in [2.24, 2.45) is 0 Å². The van der Waals surface area contributed by atoms with Gasteiger partial charge in [-0.25, -0.2) is 9.78 Å². The Morgan fingerprint density at radius 3 is 2.36 bits per heavy atom. The maximum atomic E-state index is 12.2. The van der Waals surface area contributed by atoms with Crippen LogP contribution < -0.4 is 5.56 Å². The number of aromatic carboxylic acids is 1. The number of rotatable bonds is 10. The smallest absolute Gasteiger partial charge is 0.345 e. The van der Waals surface area contributed by atoms with Crippen molar-refractivity contribution in [1.29, 1.82) is 0 Å². The first-order valence-electron chi connectivity index (χ1n) is 10.8. The minimum absolute atomic E-state index is 0.151. The van der Waals surface area contributed by atoms with Gasteiger partial charge in [0.25, 0.3) is 5.56 Å². The molecule has 7 heteroatoms. The second kappa shape index (κ2) is 11.1. The third-order valence-corrected chi connectivity index (χ3v) is 7.28. The van der Waals surface area contributed by atoms with Gasteiger partial charge in [0.2, 0.25) is 0 Å². The topological polar surface area (TPSA) is 83.0 Å². The molecule has 0 atom stereocenters. The van der Waals surface area contributed by atoms with Crippen LogP contribution in [0.5, 0.6) is 0 Å². The lowest BCUT2D eigenvalue weighted by Gasteiger charge is -2.06. The molecule has 0 aliphatic rings. The van der Waals surface area contributed by atoms with Gasteiger partial charge in [-0.05, 0) is 42.5 Å². The van der Waals surface area contributed by atoms with Crippen molar-refractivity contribution in [3.05, 3.63) is 92.9 Å². The lowest BCUT2D eigenvalue weighted by molar-refractivity contribution is 0.0702. The van der Waals surface area contributed by atoms with E-state index in [0.29, 0.717) is 15.7 Å². The maximum absolute atomic E-state index is 12.2. The van der Waals surface area contributed by atoms with E-state index >= 15 is 0 Å². The predicted octanol–water partition coefficient (Wildman–Crippen LogP) is 6.37. The molecule has 0 aliphatic heterocycles. The molecule has 5 nitrogen and oxygen atoms in total. The van der Waals surface area contributed by atoms with E-state index in [1.54, 1.807) is 17.8 Å². The zero-order valence-corrected chi connectivity index (χ0v) is 19.6. The van der Waals surface area contributed by atoms with Gasteiger partial charge in [-0.2, -0.15) is 0 Å². The van der Waals surface area contributed by atoms with E-state index in [-0.39, 0.29) is 5.56 Å². The largest absolute Gasteiger partial charge is 0.477 e. The highest BCUT2D eigenvalue weighted by molar-refractivity contribution is 7.99. The Bertz CT molecular complexity index is 1260. The number of aromatic amines is 1. The third kappa shape index (κ3) is 6.43. The summed E-state index contributed by atoms with van der Waals surface area (Å²) in [5, 5.41) is 9.63. The molecule has 4 aromatic rings. The molecule has 2 aromatic heterocycles. The van der Waals surface area contributed by atoms with Crippen LogP contribution in [0, 0.1) is 0 Å². The van der Waals surface area contributed by atoms with Crippen molar-refractivity contribution in [2.75, 3.05) is 5.75 Å². The molecule has 0 fully saturated rings. The van der Waals surface area contributed by atoms with Crippen LogP contribution in [0.3, 0.4) is 0 Å². The number of carbonyl (C=O) groups is 1. The van der Waals surface area contributed by atoms with Crippen LogP contribution in [0.2, 0.25) is 0 Å². The Morgan fingerprint density at radius 1 is 0.909 bits per heavy atom. The molecule has 0 bridgehead atoms. The molecule has 33 heavy (non-hydrogen) atoms. The van der Waals surface area contributed by atoms with E-state index in [1.165, 1.54) is 17.4 Å². The average Bonchev–Trinajstić information content (AvgIpc) is 3.31. The van der Waals surface area contributed by atoms with Gasteiger partial charge in [0.15, 0.2) is 5.16 Å². The van der Waals surface area contributed by atoms with Crippen LogP contribution in [0.25, 0.3) is 22.4 Å². The van der Waals surface area contributed by atoms with Crippen molar-refractivity contribution in [3.63, 3.8) is 0 Å². The Labute approximate surface area is 200 Å². The van der Waals surface area contributed by atoms with Crippen LogP contribution >= 0.6 is 23.1 Å². The van der Waals surface area contributed by atoms with Gasteiger partial charge in [-0.15, -0.1) is 11.3 Å². The van der Waals surface area contributed by atoms with Crippen LogP contribution in [0.4, 0.5) is 0 Å². The Morgan fingerprint density at radius 2 is 1.64 bits per heavy atom. The minimum Gasteiger partial charge on any atom is -0.477 e. The second-order valence-electron chi connectivity index (χ2n) is 7.61. The lowest BCUT2D eigenvalue weighted by Crippen LogP contribution is -2.08. The Hall–Kier alpha value is -3.16. The summed E-state index contributed by atoms with van der Waals surface area (Å²) >= 11 is 2.90. The highest BCUT2D eigenvalue weighted by Crippen LogP contribution is 2.25. The number of hydrogen-bond donors (Lipinski definition) is 2. The zero-order valence-electron chi connectivity index (χ0n) is 18.0. The summed E-state index contributed by atoms with van der Waals surface area (Å²) in [6, 6.07) is 23.4. The van der Waals surface area contributed by atoms with Crippen molar-refractivity contribution < 1.29 is 9.90 Å². The average molecular weight is 477 g/mol. The number of aromatic nitrogens is 2. The zero-order chi connectivity index (χ0) is 23.0. The predicted molar refractivity (Wildman–Crippen MR) is 135 cm³/mol. The third-order valence-electron chi connectivity index (χ3n) is 5.19. The summed E-state index contributed by atoms with van der Waals surface area (Å²) in [6.45, 7) is 0. The summed E-state index contributed by atoms with van der Waals surface area (Å²) in [6.07, 6.45) is 3.95. The first-order valence-corrected chi connectivity index (χ1v) is 12.6. The summed E-state index contributed by atoms with van der Waals surface area (Å²) in [4.78, 5) is 32.1.